The lowest BCUT2D eigenvalue weighted by Crippen LogP contribution is -2.41. The van der Waals surface area contributed by atoms with Gasteiger partial charge in [0, 0.05) is 37.5 Å². The number of aromatic nitrogens is 2. The molecule has 0 aliphatic heterocycles. The Balaban J connectivity index is 1.90. The number of anilines is 1. The molecule has 3 aromatic carbocycles. The van der Waals surface area contributed by atoms with Crippen LogP contribution in [-0.2, 0) is 4.74 Å². The van der Waals surface area contributed by atoms with Crippen molar-refractivity contribution in [3.63, 3.8) is 0 Å². The lowest BCUT2D eigenvalue weighted by molar-refractivity contribution is 0.137. The molecule has 0 aliphatic carbocycles. The van der Waals surface area contributed by atoms with Gasteiger partial charge in [-0.05, 0) is 47.1 Å². The molecule has 1 aromatic heterocycles. The number of halogens is 1. The van der Waals surface area contributed by atoms with Crippen LogP contribution in [0.5, 0.6) is 17.2 Å². The lowest BCUT2D eigenvalue weighted by Gasteiger charge is -2.30. The van der Waals surface area contributed by atoms with E-state index in [0.717, 1.165) is 0 Å². The minimum atomic E-state index is -0.665. The van der Waals surface area contributed by atoms with Gasteiger partial charge in [0.1, 0.15) is 23.1 Å². The Morgan fingerprint density at radius 2 is 1.75 bits per heavy atom. The molecule has 0 fully saturated rings. The van der Waals surface area contributed by atoms with E-state index in [9.17, 15) is 9.59 Å². The number of nitrogens with zero attached hydrogens (tertiary/aromatic N) is 3. The Hall–Kier alpha value is -4.09. The summed E-state index contributed by atoms with van der Waals surface area (Å²) in [5.41, 5.74) is 1.23. The molecule has 0 saturated heterocycles. The van der Waals surface area contributed by atoms with Crippen LogP contribution in [0.25, 0.3) is 16.6 Å². The molecule has 210 valence electrons. The maximum Gasteiger partial charge on any atom is 0.322 e. The lowest BCUT2D eigenvalue weighted by atomic mass is 10.1. The van der Waals surface area contributed by atoms with E-state index >= 15 is 0 Å². The second-order valence-electron chi connectivity index (χ2n) is 8.81. The van der Waals surface area contributed by atoms with Crippen LogP contribution in [-0.4, -0.2) is 62.1 Å². The van der Waals surface area contributed by atoms with Gasteiger partial charge in [-0.3, -0.25) is 9.36 Å². The van der Waals surface area contributed by atoms with Crippen molar-refractivity contribution in [2.75, 3.05) is 46.9 Å². The fraction of sp³-hybridized carbons (Fsp3) is 0.276. The van der Waals surface area contributed by atoms with Crippen LogP contribution in [0.3, 0.4) is 0 Å². The van der Waals surface area contributed by atoms with Gasteiger partial charge in [-0.15, -0.1) is 0 Å². The maximum atomic E-state index is 14.0. The third kappa shape index (κ3) is 5.90. The predicted molar refractivity (Wildman–Crippen MR) is 157 cm³/mol. The minimum Gasteiger partial charge on any atom is -0.497 e. The molecule has 4 aromatic rings. The molecule has 1 N–H and O–H groups in total. The number of fused-ring (bicyclic) bond motifs is 1. The number of para-hydroxylation sites is 1. The van der Waals surface area contributed by atoms with E-state index in [1.165, 1.54) is 18.8 Å². The van der Waals surface area contributed by atoms with Gasteiger partial charge < -0.3 is 29.2 Å². The quantitative estimate of drug-likeness (QED) is 0.256. The van der Waals surface area contributed by atoms with Crippen LogP contribution in [0, 0.1) is 0 Å². The summed E-state index contributed by atoms with van der Waals surface area (Å²) >= 11 is 3.60. The number of hydrogen-bond donors (Lipinski definition) is 1. The zero-order chi connectivity index (χ0) is 28.8. The molecule has 1 unspecified atom stereocenters. The van der Waals surface area contributed by atoms with Crippen LogP contribution in [0.4, 0.5) is 10.5 Å². The molecule has 4 rings (SSSR count). The van der Waals surface area contributed by atoms with Crippen LogP contribution < -0.4 is 25.1 Å². The maximum absolute atomic E-state index is 14.0. The standard InChI is InChI=1S/C29H31BrN4O6/c1-18(33(13-14-37-2)29(36)31-19-9-8-10-20(15-19)38-3)27-32-23-12-7-6-11-22(23)28(35)34(27)24-16-21(39-4)17-25(40-5)26(24)30/h6-12,15-18H,13-14H2,1-5H3,(H,31,36). The van der Waals surface area contributed by atoms with E-state index in [1.54, 1.807) is 73.7 Å². The van der Waals surface area contributed by atoms with E-state index < -0.39 is 12.1 Å². The number of amides is 2. The SMILES string of the molecule is COCCN(C(=O)Nc1cccc(OC)c1)C(C)c1nc2ccccc2c(=O)n1-c1cc(OC)cc(OC)c1Br. The molecule has 0 aliphatic rings. The number of urea groups is 1. The largest absolute Gasteiger partial charge is 0.497 e. The normalized spacial score (nSPS) is 11.7. The van der Waals surface area contributed by atoms with Crippen LogP contribution in [0.1, 0.15) is 18.8 Å². The van der Waals surface area contributed by atoms with Crippen LogP contribution in [0.2, 0.25) is 0 Å². The molecule has 11 heteroatoms. The molecule has 1 atom stereocenters. The Labute approximate surface area is 240 Å². The van der Waals surface area contributed by atoms with Crippen molar-refractivity contribution in [2.24, 2.45) is 0 Å². The number of carbonyl (C=O) groups excluding carboxylic acids is 1. The highest BCUT2D eigenvalue weighted by molar-refractivity contribution is 9.10. The molecule has 0 saturated carbocycles. The Morgan fingerprint density at radius 3 is 2.45 bits per heavy atom. The smallest absolute Gasteiger partial charge is 0.322 e. The first kappa shape index (κ1) is 28.9. The van der Waals surface area contributed by atoms with Crippen LogP contribution in [0.15, 0.2) is 69.9 Å². The molecule has 40 heavy (non-hydrogen) atoms. The summed E-state index contributed by atoms with van der Waals surface area (Å²) in [6.45, 7) is 2.32. The van der Waals surface area contributed by atoms with Crippen molar-refractivity contribution in [1.82, 2.24) is 14.5 Å². The van der Waals surface area contributed by atoms with E-state index in [-0.39, 0.29) is 18.7 Å². The van der Waals surface area contributed by atoms with E-state index in [1.807, 2.05) is 13.0 Å². The minimum absolute atomic E-state index is 0.235. The highest BCUT2D eigenvalue weighted by Crippen LogP contribution is 2.37. The van der Waals surface area contributed by atoms with E-state index in [4.69, 9.17) is 23.9 Å². The Morgan fingerprint density at radius 1 is 1.00 bits per heavy atom. The molecule has 10 nitrogen and oxygen atoms in total. The number of benzene rings is 3. The summed E-state index contributed by atoms with van der Waals surface area (Å²) in [7, 11) is 6.19. The van der Waals surface area contributed by atoms with Crippen molar-refractivity contribution in [3.05, 3.63) is 81.3 Å². The second-order valence-corrected chi connectivity index (χ2v) is 9.61. The topological polar surface area (TPSA) is 104 Å². The van der Waals surface area contributed by atoms with Gasteiger partial charge in [-0.1, -0.05) is 18.2 Å². The molecule has 0 spiro atoms. The van der Waals surface area contributed by atoms with Gasteiger partial charge in [0.15, 0.2) is 0 Å². The zero-order valence-electron chi connectivity index (χ0n) is 22.9. The molecule has 0 bridgehead atoms. The van der Waals surface area contributed by atoms with Crippen molar-refractivity contribution in [2.45, 2.75) is 13.0 Å². The van der Waals surface area contributed by atoms with E-state index in [0.29, 0.717) is 49.8 Å². The van der Waals surface area contributed by atoms with Crippen LogP contribution >= 0.6 is 15.9 Å². The average Bonchev–Trinajstić information content (AvgIpc) is 2.97. The molecular weight excluding hydrogens is 580 g/mol. The van der Waals surface area contributed by atoms with Gasteiger partial charge >= 0.3 is 6.03 Å². The number of methoxy groups -OCH3 is 4. The monoisotopic (exact) mass is 610 g/mol. The number of rotatable bonds is 10. The summed E-state index contributed by atoms with van der Waals surface area (Å²) in [6, 6.07) is 16.5. The summed E-state index contributed by atoms with van der Waals surface area (Å²) in [4.78, 5) is 34.1. The van der Waals surface area contributed by atoms with Crippen molar-refractivity contribution >= 4 is 38.6 Å². The Kier molecular flexibility index (Phi) is 9.28. The first-order valence-electron chi connectivity index (χ1n) is 12.5. The van der Waals surface area contributed by atoms with Crippen molar-refractivity contribution < 1.29 is 23.7 Å². The first-order chi connectivity index (χ1) is 19.3. The fourth-order valence-electron chi connectivity index (χ4n) is 4.35. The first-order valence-corrected chi connectivity index (χ1v) is 13.3. The van der Waals surface area contributed by atoms with Crippen molar-refractivity contribution in [3.8, 4) is 22.9 Å². The van der Waals surface area contributed by atoms with Crippen molar-refractivity contribution in [1.29, 1.82) is 0 Å². The van der Waals surface area contributed by atoms with E-state index in [2.05, 4.69) is 21.2 Å². The summed E-state index contributed by atoms with van der Waals surface area (Å²) in [6.07, 6.45) is 0. The number of carbonyl (C=O) groups is 1. The second kappa shape index (κ2) is 12.8. The van der Waals surface area contributed by atoms with Gasteiger partial charge in [0.05, 0.1) is 55.0 Å². The van der Waals surface area contributed by atoms with Gasteiger partial charge in [0.2, 0.25) is 0 Å². The number of nitrogens with one attached hydrogen (secondary N) is 1. The molecule has 1 heterocycles. The molecule has 2 amide bonds. The third-order valence-electron chi connectivity index (χ3n) is 6.45. The summed E-state index contributed by atoms with van der Waals surface area (Å²) < 4.78 is 23.6. The van der Waals surface area contributed by atoms with Gasteiger partial charge in [-0.2, -0.15) is 0 Å². The number of hydrogen-bond acceptors (Lipinski definition) is 7. The predicted octanol–water partition coefficient (Wildman–Crippen LogP) is 5.42. The van der Waals surface area contributed by atoms with Gasteiger partial charge in [-0.25, -0.2) is 9.78 Å². The highest BCUT2D eigenvalue weighted by atomic mass is 79.9. The molecule has 0 radical (unpaired) electrons. The molecular formula is C29H31BrN4O6. The highest BCUT2D eigenvalue weighted by Gasteiger charge is 2.28. The zero-order valence-corrected chi connectivity index (χ0v) is 24.5. The number of ether oxygens (including phenoxy) is 4. The summed E-state index contributed by atoms with van der Waals surface area (Å²) in [5, 5.41) is 3.35. The average molecular weight is 611 g/mol. The fourth-order valence-corrected chi connectivity index (χ4v) is 4.91. The summed E-state index contributed by atoms with van der Waals surface area (Å²) in [5.74, 6) is 1.91. The Bertz CT molecular complexity index is 1570. The van der Waals surface area contributed by atoms with Gasteiger partial charge in [0.25, 0.3) is 5.56 Å². The third-order valence-corrected chi connectivity index (χ3v) is 7.25.